The van der Waals surface area contributed by atoms with Crippen LogP contribution in [0.5, 0.6) is 0 Å². The molecule has 1 saturated heterocycles. The minimum atomic E-state index is -0.956. The number of aromatic nitrogens is 1. The number of benzene rings is 3. The average Bonchev–Trinajstić information content (AvgIpc) is 3.21. The lowest BCUT2D eigenvalue weighted by molar-refractivity contribution is 0.102. The Morgan fingerprint density at radius 1 is 1.07 bits per heavy atom. The van der Waals surface area contributed by atoms with Crippen molar-refractivity contribution in [1.82, 2.24) is 10.1 Å². The van der Waals surface area contributed by atoms with Gasteiger partial charge in [0.15, 0.2) is 6.23 Å². The van der Waals surface area contributed by atoms with Crippen molar-refractivity contribution in [2.24, 2.45) is 0 Å². The number of nitrogens with one attached hydrogen (secondary N) is 2. The predicted molar refractivity (Wildman–Crippen MR) is 157 cm³/mol. The van der Waals surface area contributed by atoms with E-state index >= 15 is 0 Å². The number of hydrogen-bond donors (Lipinski definition) is 3. The normalized spacial score (nSPS) is 19.8. The smallest absolute Gasteiger partial charge is 0.256 e. The zero-order chi connectivity index (χ0) is 28.0. The summed E-state index contributed by atoms with van der Waals surface area (Å²) in [5.41, 5.74) is 6.62. The molecule has 2 aliphatic rings. The molecule has 3 atom stereocenters. The van der Waals surface area contributed by atoms with Crippen LogP contribution in [0, 0.1) is 13.8 Å². The van der Waals surface area contributed by atoms with E-state index < -0.39 is 6.23 Å². The van der Waals surface area contributed by atoms with Crippen LogP contribution < -0.4 is 15.5 Å². The molecule has 206 valence electrons. The molecule has 1 amide bonds. The summed E-state index contributed by atoms with van der Waals surface area (Å²) in [5, 5.41) is 21.4. The number of aryl methyl sites for hydroxylation is 2. The van der Waals surface area contributed by atoms with Crippen LogP contribution in [0.1, 0.15) is 57.7 Å². The van der Waals surface area contributed by atoms with Crippen LogP contribution in [0.3, 0.4) is 0 Å². The van der Waals surface area contributed by atoms with Gasteiger partial charge in [0.1, 0.15) is 5.76 Å². The van der Waals surface area contributed by atoms with E-state index in [-0.39, 0.29) is 18.0 Å². The number of amides is 1. The van der Waals surface area contributed by atoms with Crippen molar-refractivity contribution in [3.05, 3.63) is 105 Å². The largest absolute Gasteiger partial charge is 0.369 e. The Kier molecular flexibility index (Phi) is 7.00. The molecule has 40 heavy (non-hydrogen) atoms. The molecule has 0 radical (unpaired) electrons. The summed E-state index contributed by atoms with van der Waals surface area (Å²) in [4.78, 5) is 17.8. The van der Waals surface area contributed by atoms with E-state index in [1.165, 1.54) is 0 Å². The van der Waals surface area contributed by atoms with Gasteiger partial charge in [0.25, 0.3) is 5.91 Å². The molecule has 9 heteroatoms. The van der Waals surface area contributed by atoms with Gasteiger partial charge in [-0.3, -0.25) is 9.69 Å². The van der Waals surface area contributed by atoms with Crippen LogP contribution in [0.2, 0.25) is 5.02 Å². The number of nitrogens with zero attached hydrogens (tertiary/aromatic N) is 3. The maximum Gasteiger partial charge on any atom is 0.256 e. The first-order chi connectivity index (χ1) is 19.3. The summed E-state index contributed by atoms with van der Waals surface area (Å²) in [6, 6.07) is 21.9. The molecular formula is C31H32ClN5O3. The molecule has 1 fully saturated rings. The van der Waals surface area contributed by atoms with Crippen LogP contribution in [-0.4, -0.2) is 46.7 Å². The first-order valence-corrected chi connectivity index (χ1v) is 13.9. The highest BCUT2D eigenvalue weighted by atomic mass is 35.5. The summed E-state index contributed by atoms with van der Waals surface area (Å²) in [5.74, 6) is 0.503. The second kappa shape index (κ2) is 10.6. The van der Waals surface area contributed by atoms with E-state index in [0.717, 1.165) is 42.1 Å². The summed E-state index contributed by atoms with van der Waals surface area (Å²) < 4.78 is 5.18. The van der Waals surface area contributed by atoms with Crippen LogP contribution in [-0.2, 0) is 0 Å². The summed E-state index contributed by atoms with van der Waals surface area (Å²) in [6.07, 6.45) is -0.956. The molecule has 3 unspecified atom stereocenters. The highest BCUT2D eigenvalue weighted by Gasteiger charge is 2.35. The Hall–Kier alpha value is -3.85. The molecule has 0 aliphatic carbocycles. The van der Waals surface area contributed by atoms with Gasteiger partial charge in [0.05, 0.1) is 28.0 Å². The number of fused-ring (bicyclic) bond motifs is 2. The van der Waals surface area contributed by atoms with Gasteiger partial charge in [-0.2, -0.15) is 0 Å². The lowest BCUT2D eigenvalue weighted by atomic mass is 9.92. The molecule has 3 heterocycles. The van der Waals surface area contributed by atoms with Gasteiger partial charge in [-0.25, -0.2) is 0 Å². The number of carbonyl (C=O) groups excluding carboxylic acids is 1. The van der Waals surface area contributed by atoms with E-state index in [4.69, 9.17) is 16.1 Å². The van der Waals surface area contributed by atoms with Crippen molar-refractivity contribution in [1.29, 1.82) is 0 Å². The molecular weight excluding hydrogens is 526 g/mol. The second-order valence-corrected chi connectivity index (χ2v) is 10.9. The number of carbonyl (C=O) groups is 1. The first-order valence-electron chi connectivity index (χ1n) is 13.5. The minimum Gasteiger partial charge on any atom is -0.369 e. The monoisotopic (exact) mass is 557 g/mol. The number of para-hydroxylation sites is 1. The highest BCUT2D eigenvalue weighted by Crippen LogP contribution is 2.40. The fraction of sp³-hybridized carbons (Fsp3) is 0.290. The van der Waals surface area contributed by atoms with Crippen LogP contribution in [0.15, 0.2) is 71.3 Å². The maximum atomic E-state index is 13.0. The van der Waals surface area contributed by atoms with Gasteiger partial charge in [-0.05, 0) is 62.2 Å². The van der Waals surface area contributed by atoms with Crippen LogP contribution >= 0.6 is 11.6 Å². The zero-order valence-corrected chi connectivity index (χ0v) is 23.4. The fourth-order valence-corrected chi connectivity index (χ4v) is 6.35. The predicted octanol–water partition coefficient (Wildman–Crippen LogP) is 5.91. The van der Waals surface area contributed by atoms with Crippen molar-refractivity contribution in [3.63, 3.8) is 0 Å². The molecule has 3 aromatic carbocycles. The number of aliphatic hydroxyl groups is 1. The topological polar surface area (TPSA) is 93.9 Å². The van der Waals surface area contributed by atoms with E-state index in [1.807, 2.05) is 54.6 Å². The van der Waals surface area contributed by atoms with Gasteiger partial charge < -0.3 is 25.2 Å². The maximum absolute atomic E-state index is 13.0. The van der Waals surface area contributed by atoms with Crippen LogP contribution in [0.4, 0.5) is 17.1 Å². The van der Waals surface area contributed by atoms with E-state index in [9.17, 15) is 9.90 Å². The van der Waals surface area contributed by atoms with Gasteiger partial charge in [0.2, 0.25) is 0 Å². The van der Waals surface area contributed by atoms with E-state index in [2.05, 4.69) is 44.6 Å². The number of hydrogen-bond acceptors (Lipinski definition) is 7. The minimum absolute atomic E-state index is 0.0381. The van der Waals surface area contributed by atoms with Gasteiger partial charge in [-0.15, -0.1) is 0 Å². The Labute approximate surface area is 238 Å². The van der Waals surface area contributed by atoms with E-state index in [0.29, 0.717) is 33.3 Å². The van der Waals surface area contributed by atoms with Crippen molar-refractivity contribution in [2.45, 2.75) is 39.1 Å². The molecule has 4 aromatic rings. The first kappa shape index (κ1) is 26.4. The van der Waals surface area contributed by atoms with Crippen molar-refractivity contribution >= 4 is 34.6 Å². The van der Waals surface area contributed by atoms with E-state index in [1.54, 1.807) is 13.8 Å². The molecule has 6 rings (SSSR count). The highest BCUT2D eigenvalue weighted by molar-refractivity contribution is 6.33. The molecule has 0 spiro atoms. The Bertz CT molecular complexity index is 1550. The van der Waals surface area contributed by atoms with Crippen LogP contribution in [0.25, 0.3) is 0 Å². The third-order valence-corrected chi connectivity index (χ3v) is 8.25. The molecule has 1 aromatic heterocycles. The standard InChI is InChI=1S/C31H32ClN5O3/c1-18-17-36(29-22-8-4-5-9-23(22)30(38)34-26-11-7-6-10-24(26)29)14-15-37(18)27-13-12-21(16-25(27)32)33-31(39)28-19(2)35-40-20(28)3/h4-13,16,18,29,31,33,39H,14-15,17H2,1-3H3,(H,34,38). The number of rotatable bonds is 5. The number of aliphatic hydroxyl groups excluding tert-OH is 1. The van der Waals surface area contributed by atoms with Crippen molar-refractivity contribution in [3.8, 4) is 0 Å². The third-order valence-electron chi connectivity index (χ3n) is 7.95. The SMILES string of the molecule is Cc1noc(C)c1C(O)Nc1ccc(N2CCN(C3c4ccccc4NC(=O)c4ccccc43)CC2C)c(Cl)c1. The molecule has 0 saturated carbocycles. The fourth-order valence-electron chi connectivity index (χ4n) is 6.06. The summed E-state index contributed by atoms with van der Waals surface area (Å²) in [7, 11) is 0. The lowest BCUT2D eigenvalue weighted by Crippen LogP contribution is -2.53. The second-order valence-electron chi connectivity index (χ2n) is 10.5. The van der Waals surface area contributed by atoms with Gasteiger partial charge in [-0.1, -0.05) is 53.2 Å². The third kappa shape index (κ3) is 4.72. The zero-order valence-electron chi connectivity index (χ0n) is 22.7. The average molecular weight is 558 g/mol. The molecule has 8 nitrogen and oxygen atoms in total. The van der Waals surface area contributed by atoms with Gasteiger partial charge in [0, 0.05) is 42.6 Å². The summed E-state index contributed by atoms with van der Waals surface area (Å²) in [6.45, 7) is 8.15. The molecule has 2 aliphatic heterocycles. The summed E-state index contributed by atoms with van der Waals surface area (Å²) >= 11 is 6.80. The molecule has 3 N–H and O–H groups in total. The molecule has 0 bridgehead atoms. The number of halogens is 1. The number of piperazine rings is 1. The Morgan fingerprint density at radius 2 is 1.82 bits per heavy atom. The Morgan fingerprint density at radius 3 is 2.55 bits per heavy atom. The van der Waals surface area contributed by atoms with Crippen molar-refractivity contribution in [2.75, 3.05) is 35.2 Å². The number of anilines is 3. The quantitative estimate of drug-likeness (QED) is 0.262. The lowest BCUT2D eigenvalue weighted by Gasteiger charge is -2.45. The Balaban J connectivity index is 1.23. The van der Waals surface area contributed by atoms with Crippen molar-refractivity contribution < 1.29 is 14.4 Å². The van der Waals surface area contributed by atoms with Gasteiger partial charge >= 0.3 is 0 Å².